The van der Waals surface area contributed by atoms with Crippen molar-refractivity contribution in [3.8, 4) is 0 Å². The summed E-state index contributed by atoms with van der Waals surface area (Å²) in [4.78, 5) is 44.4. The number of morpholine rings is 2. The zero-order chi connectivity index (χ0) is 24.2. The third-order valence-electron chi connectivity index (χ3n) is 3.86. The first kappa shape index (κ1) is 32.8. The van der Waals surface area contributed by atoms with Crippen LogP contribution in [0.4, 0.5) is 0 Å². The zero-order valence-corrected chi connectivity index (χ0v) is 18.5. The Bertz CT molecular complexity index is 454. The largest absolute Gasteiger partial charge is 0.480 e. The van der Waals surface area contributed by atoms with Crippen molar-refractivity contribution in [2.24, 2.45) is 0 Å². The molecule has 33 heavy (non-hydrogen) atoms. The molecule has 194 valence electrons. The fourth-order valence-corrected chi connectivity index (χ4v) is 2.51. The highest BCUT2D eigenvalue weighted by Crippen LogP contribution is 1.94. The molecule has 15 heteroatoms. The summed E-state index contributed by atoms with van der Waals surface area (Å²) in [5.41, 5.74) is 0. The average molecular weight is 485 g/mol. The van der Waals surface area contributed by atoms with Crippen molar-refractivity contribution in [3.05, 3.63) is 0 Å². The van der Waals surface area contributed by atoms with Crippen LogP contribution in [-0.2, 0) is 28.7 Å². The number of aliphatic carboxylic acids is 4. The van der Waals surface area contributed by atoms with Gasteiger partial charge < -0.3 is 46.0 Å². The van der Waals surface area contributed by atoms with E-state index in [1.807, 2.05) is 0 Å². The zero-order valence-electron chi connectivity index (χ0n) is 18.5. The van der Waals surface area contributed by atoms with Crippen molar-refractivity contribution < 1.29 is 54.6 Å². The van der Waals surface area contributed by atoms with Gasteiger partial charge in [-0.3, -0.25) is 29.0 Å². The summed E-state index contributed by atoms with van der Waals surface area (Å²) in [7, 11) is 0. The Labute approximate surface area is 191 Å². The standard InChI is InChI=1S/C10H16N2O8.2C4H9NO.H2O/c13-7(14)3-11(4-8(15)16)1-2-12(5-9(17)18)6-10(19)20;2*1-3-6-4-2-5-1;/h1-6H2,(H,13,14)(H,15,16)(H,17,18)(H,19,20);2*5H,1-4H2;1H2. The molecular formula is C18H36N4O11. The van der Waals surface area contributed by atoms with Gasteiger partial charge in [0, 0.05) is 39.3 Å². The van der Waals surface area contributed by atoms with Crippen molar-refractivity contribution in [3.63, 3.8) is 0 Å². The van der Waals surface area contributed by atoms with Crippen LogP contribution in [0.5, 0.6) is 0 Å². The maximum atomic E-state index is 10.6. The van der Waals surface area contributed by atoms with Crippen LogP contribution in [0.1, 0.15) is 0 Å². The van der Waals surface area contributed by atoms with E-state index in [0.717, 1.165) is 62.4 Å². The Morgan fingerprint density at radius 2 is 0.818 bits per heavy atom. The van der Waals surface area contributed by atoms with Crippen LogP contribution in [0.3, 0.4) is 0 Å². The van der Waals surface area contributed by atoms with Crippen molar-refractivity contribution >= 4 is 23.9 Å². The van der Waals surface area contributed by atoms with Crippen LogP contribution in [-0.4, -0.2) is 151 Å². The maximum Gasteiger partial charge on any atom is 0.317 e. The van der Waals surface area contributed by atoms with E-state index in [9.17, 15) is 19.2 Å². The fourth-order valence-electron chi connectivity index (χ4n) is 2.51. The van der Waals surface area contributed by atoms with Crippen LogP contribution in [0.15, 0.2) is 0 Å². The van der Waals surface area contributed by atoms with E-state index in [1.165, 1.54) is 0 Å². The van der Waals surface area contributed by atoms with E-state index in [4.69, 9.17) is 29.9 Å². The Morgan fingerprint density at radius 3 is 0.939 bits per heavy atom. The van der Waals surface area contributed by atoms with Crippen LogP contribution < -0.4 is 10.6 Å². The molecule has 0 bridgehead atoms. The summed E-state index contributed by atoms with van der Waals surface area (Å²) in [6.07, 6.45) is 0. The topological polar surface area (TPSA) is 230 Å². The molecule has 0 radical (unpaired) electrons. The lowest BCUT2D eigenvalue weighted by Gasteiger charge is -2.23. The van der Waals surface area contributed by atoms with E-state index in [2.05, 4.69) is 10.6 Å². The van der Waals surface area contributed by atoms with E-state index in [0.29, 0.717) is 0 Å². The van der Waals surface area contributed by atoms with Gasteiger partial charge in [-0.15, -0.1) is 0 Å². The van der Waals surface area contributed by atoms with E-state index >= 15 is 0 Å². The number of hydrogen-bond acceptors (Lipinski definition) is 10. The summed E-state index contributed by atoms with van der Waals surface area (Å²) in [6, 6.07) is 0. The Morgan fingerprint density at radius 1 is 0.576 bits per heavy atom. The minimum absolute atomic E-state index is 0. The molecule has 0 unspecified atom stereocenters. The van der Waals surface area contributed by atoms with Crippen molar-refractivity contribution in [2.45, 2.75) is 0 Å². The molecule has 0 aromatic carbocycles. The SMILES string of the molecule is C1COCCN1.C1COCCN1.O.O=C(O)CN(CCN(CC(=O)O)CC(=O)O)CC(=O)O. The van der Waals surface area contributed by atoms with Gasteiger partial charge in [0.15, 0.2) is 0 Å². The maximum absolute atomic E-state index is 10.6. The van der Waals surface area contributed by atoms with Crippen molar-refractivity contribution in [1.82, 2.24) is 20.4 Å². The van der Waals surface area contributed by atoms with Crippen LogP contribution in [0, 0.1) is 0 Å². The first-order valence-electron chi connectivity index (χ1n) is 10.1. The van der Waals surface area contributed by atoms with E-state index in [-0.39, 0.29) is 18.6 Å². The molecule has 0 amide bonds. The quantitative estimate of drug-likeness (QED) is 0.166. The number of rotatable bonds is 11. The van der Waals surface area contributed by atoms with E-state index < -0.39 is 50.1 Å². The minimum atomic E-state index is -1.23. The molecule has 0 saturated carbocycles. The minimum Gasteiger partial charge on any atom is -0.480 e. The second kappa shape index (κ2) is 21.4. The molecule has 2 rings (SSSR count). The molecular weight excluding hydrogens is 448 g/mol. The average Bonchev–Trinajstić information content (AvgIpc) is 2.74. The number of carboxylic acids is 4. The lowest BCUT2D eigenvalue weighted by Crippen LogP contribution is -2.43. The third kappa shape index (κ3) is 24.1. The lowest BCUT2D eigenvalue weighted by molar-refractivity contribution is -0.145. The predicted molar refractivity (Wildman–Crippen MR) is 114 cm³/mol. The summed E-state index contributed by atoms with van der Waals surface area (Å²) in [6.45, 7) is 5.42. The Hall–Kier alpha value is -2.40. The fraction of sp³-hybridized carbons (Fsp3) is 0.778. The molecule has 0 spiro atoms. The highest BCUT2D eigenvalue weighted by atomic mass is 16.5. The number of hydrogen-bond donors (Lipinski definition) is 6. The van der Waals surface area contributed by atoms with Gasteiger partial charge in [0.25, 0.3) is 0 Å². The predicted octanol–water partition coefficient (Wildman–Crippen LogP) is -3.68. The first-order chi connectivity index (χ1) is 15.2. The molecule has 0 atom stereocenters. The van der Waals surface area contributed by atoms with Gasteiger partial charge in [0.05, 0.1) is 52.6 Å². The molecule has 2 aliphatic heterocycles. The molecule has 0 aromatic heterocycles. The second-order valence-corrected chi connectivity index (χ2v) is 6.72. The third-order valence-corrected chi connectivity index (χ3v) is 3.86. The van der Waals surface area contributed by atoms with Crippen LogP contribution in [0.25, 0.3) is 0 Å². The number of carboxylic acid groups (broad SMARTS) is 4. The monoisotopic (exact) mass is 484 g/mol. The summed E-state index contributed by atoms with van der Waals surface area (Å²) in [5.74, 6) is -4.91. The molecule has 8 N–H and O–H groups in total. The van der Waals surface area contributed by atoms with Gasteiger partial charge in [0.2, 0.25) is 0 Å². The second-order valence-electron chi connectivity index (χ2n) is 6.72. The van der Waals surface area contributed by atoms with Gasteiger partial charge in [-0.05, 0) is 0 Å². The number of carbonyl (C=O) groups is 4. The summed E-state index contributed by atoms with van der Waals surface area (Å²) in [5, 5.41) is 40.8. The Balaban J connectivity index is 0. The first-order valence-corrected chi connectivity index (χ1v) is 10.1. The lowest BCUT2D eigenvalue weighted by atomic mass is 10.4. The number of nitrogens with one attached hydrogen (secondary N) is 2. The van der Waals surface area contributed by atoms with Gasteiger partial charge in [-0.1, -0.05) is 0 Å². The molecule has 2 heterocycles. The number of ether oxygens (including phenoxy) is 2. The Kier molecular flexibility index (Phi) is 21.3. The van der Waals surface area contributed by atoms with Crippen LogP contribution in [0.2, 0.25) is 0 Å². The van der Waals surface area contributed by atoms with Gasteiger partial charge in [-0.25, -0.2) is 0 Å². The van der Waals surface area contributed by atoms with Crippen molar-refractivity contribution in [1.29, 1.82) is 0 Å². The van der Waals surface area contributed by atoms with Gasteiger partial charge in [0.1, 0.15) is 0 Å². The highest BCUT2D eigenvalue weighted by Gasteiger charge is 2.18. The molecule has 2 fully saturated rings. The van der Waals surface area contributed by atoms with E-state index in [1.54, 1.807) is 0 Å². The highest BCUT2D eigenvalue weighted by molar-refractivity contribution is 5.73. The molecule has 2 aliphatic rings. The smallest absolute Gasteiger partial charge is 0.317 e. The van der Waals surface area contributed by atoms with Crippen LogP contribution >= 0.6 is 0 Å². The molecule has 0 aromatic rings. The number of nitrogens with zero attached hydrogens (tertiary/aromatic N) is 2. The van der Waals surface area contributed by atoms with Crippen molar-refractivity contribution in [2.75, 3.05) is 91.9 Å². The summed E-state index contributed by atoms with van der Waals surface area (Å²) < 4.78 is 10.0. The molecule has 0 aliphatic carbocycles. The normalized spacial score (nSPS) is 15.2. The molecule has 15 nitrogen and oxygen atoms in total. The van der Waals surface area contributed by atoms with Gasteiger partial charge in [-0.2, -0.15) is 0 Å². The van der Waals surface area contributed by atoms with Gasteiger partial charge >= 0.3 is 23.9 Å². The summed E-state index contributed by atoms with van der Waals surface area (Å²) >= 11 is 0. The molecule has 2 saturated heterocycles.